The number of aromatic nitrogens is 1. The Bertz CT molecular complexity index is 700. The molecule has 0 saturated carbocycles. The fraction of sp³-hybridized carbons (Fsp3) is 0.133. The van der Waals surface area contributed by atoms with Crippen LogP contribution >= 0.6 is 38.6 Å². The van der Waals surface area contributed by atoms with E-state index < -0.39 is 0 Å². The number of nitrogens with zero attached hydrogens (tertiary/aromatic N) is 1. The second kappa shape index (κ2) is 5.57. The van der Waals surface area contributed by atoms with E-state index in [1.165, 1.54) is 9.75 Å². The fourth-order valence-electron chi connectivity index (χ4n) is 1.85. The lowest BCUT2D eigenvalue weighted by molar-refractivity contribution is 1.19. The third-order valence-electron chi connectivity index (χ3n) is 2.84. The van der Waals surface area contributed by atoms with Gasteiger partial charge in [0, 0.05) is 20.3 Å². The first-order valence-corrected chi connectivity index (χ1v) is 8.55. The third kappa shape index (κ3) is 2.81. The molecule has 0 aliphatic heterocycles. The van der Waals surface area contributed by atoms with E-state index in [9.17, 15) is 0 Å². The highest BCUT2D eigenvalue weighted by Crippen LogP contribution is 2.33. The fourth-order valence-corrected chi connectivity index (χ4v) is 4.05. The maximum atomic E-state index is 4.75. The quantitative estimate of drug-likeness (QED) is 0.576. The summed E-state index contributed by atoms with van der Waals surface area (Å²) in [7, 11) is 0. The number of rotatable bonds is 3. The molecule has 0 amide bonds. The van der Waals surface area contributed by atoms with Crippen molar-refractivity contribution < 1.29 is 0 Å². The predicted octanol–water partition coefficient (Wildman–Crippen LogP) is 5.86. The van der Waals surface area contributed by atoms with Gasteiger partial charge in [-0.05, 0) is 30.7 Å². The van der Waals surface area contributed by atoms with E-state index in [-0.39, 0.29) is 0 Å². The molecule has 0 aliphatic rings. The molecule has 96 valence electrons. The van der Waals surface area contributed by atoms with E-state index in [4.69, 9.17) is 4.98 Å². The number of thiophene rings is 1. The lowest BCUT2D eigenvalue weighted by Gasteiger charge is -1.96. The summed E-state index contributed by atoms with van der Waals surface area (Å²) in [5.74, 6) is 0. The molecule has 0 N–H and O–H groups in total. The molecule has 0 radical (unpaired) electrons. The van der Waals surface area contributed by atoms with Crippen LogP contribution in [0.5, 0.6) is 0 Å². The van der Waals surface area contributed by atoms with Crippen molar-refractivity contribution in [3.05, 3.63) is 51.1 Å². The molecular formula is C15H12BrNS2. The van der Waals surface area contributed by atoms with E-state index >= 15 is 0 Å². The molecule has 19 heavy (non-hydrogen) atoms. The summed E-state index contributed by atoms with van der Waals surface area (Å²) in [5.41, 5.74) is 2.25. The van der Waals surface area contributed by atoms with Gasteiger partial charge in [0.2, 0.25) is 0 Å². The van der Waals surface area contributed by atoms with Crippen LogP contribution in [0.3, 0.4) is 0 Å². The molecule has 0 saturated heterocycles. The number of aryl methyl sites for hydroxylation is 1. The molecule has 4 heteroatoms. The minimum atomic E-state index is 1.07. The Kier molecular flexibility index (Phi) is 3.82. The lowest BCUT2D eigenvalue weighted by atomic mass is 10.2. The molecule has 3 rings (SSSR count). The highest BCUT2D eigenvalue weighted by atomic mass is 79.9. The summed E-state index contributed by atoms with van der Waals surface area (Å²) in [4.78, 5) is 7.42. The second-order valence-corrected chi connectivity index (χ2v) is 7.11. The molecule has 0 atom stereocenters. The Balaban J connectivity index is 1.95. The van der Waals surface area contributed by atoms with Crippen LogP contribution in [0.15, 0.2) is 46.3 Å². The number of halogens is 1. The molecular weight excluding hydrogens is 338 g/mol. The van der Waals surface area contributed by atoms with Crippen molar-refractivity contribution in [2.75, 3.05) is 0 Å². The van der Waals surface area contributed by atoms with Crippen molar-refractivity contribution in [3.8, 4) is 21.1 Å². The van der Waals surface area contributed by atoms with Crippen molar-refractivity contribution in [1.82, 2.24) is 4.98 Å². The molecule has 0 bridgehead atoms. The first-order valence-electron chi connectivity index (χ1n) is 6.07. The van der Waals surface area contributed by atoms with Crippen molar-refractivity contribution in [2.24, 2.45) is 0 Å². The molecule has 2 aromatic heterocycles. The molecule has 2 heterocycles. The molecule has 3 aromatic rings. The zero-order valence-electron chi connectivity index (χ0n) is 10.4. The van der Waals surface area contributed by atoms with Gasteiger partial charge >= 0.3 is 0 Å². The number of hydrogen-bond donors (Lipinski definition) is 0. The van der Waals surface area contributed by atoms with Crippen LogP contribution in [-0.2, 0) is 6.42 Å². The minimum absolute atomic E-state index is 1.07. The van der Waals surface area contributed by atoms with Crippen molar-refractivity contribution >= 4 is 38.6 Å². The van der Waals surface area contributed by atoms with Crippen LogP contribution in [0, 0.1) is 0 Å². The highest BCUT2D eigenvalue weighted by molar-refractivity contribution is 9.10. The maximum Gasteiger partial charge on any atom is 0.124 e. The molecule has 0 fully saturated rings. The Hall–Kier alpha value is -0.970. The maximum absolute atomic E-state index is 4.75. The zero-order valence-corrected chi connectivity index (χ0v) is 13.6. The molecule has 0 spiro atoms. The predicted molar refractivity (Wildman–Crippen MR) is 87.9 cm³/mol. The average molecular weight is 350 g/mol. The van der Waals surface area contributed by atoms with E-state index in [1.54, 1.807) is 11.3 Å². The van der Waals surface area contributed by atoms with Crippen molar-refractivity contribution in [1.29, 1.82) is 0 Å². The van der Waals surface area contributed by atoms with Gasteiger partial charge in [-0.3, -0.25) is 0 Å². The average Bonchev–Trinajstić information content (AvgIpc) is 3.07. The molecule has 1 aromatic carbocycles. The van der Waals surface area contributed by atoms with Crippen LogP contribution < -0.4 is 0 Å². The Morgan fingerprint density at radius 1 is 1.21 bits per heavy atom. The number of benzene rings is 1. The van der Waals surface area contributed by atoms with Gasteiger partial charge in [0.15, 0.2) is 0 Å². The van der Waals surface area contributed by atoms with Crippen molar-refractivity contribution in [3.63, 3.8) is 0 Å². The number of hydrogen-bond acceptors (Lipinski definition) is 3. The number of thiazole rings is 1. The Morgan fingerprint density at radius 3 is 2.84 bits per heavy atom. The standard InChI is InChI=1S/C15H12BrNS2/c1-2-12-6-7-14(19-12)13-9-18-15(17-13)10-4-3-5-11(16)8-10/h3-9H,2H2,1H3. The molecule has 1 nitrogen and oxygen atoms in total. The highest BCUT2D eigenvalue weighted by Gasteiger charge is 2.08. The second-order valence-electron chi connectivity index (χ2n) is 4.17. The summed E-state index contributed by atoms with van der Waals surface area (Å²) in [6.07, 6.45) is 1.09. The summed E-state index contributed by atoms with van der Waals surface area (Å²) < 4.78 is 1.09. The van der Waals surface area contributed by atoms with E-state index in [0.29, 0.717) is 0 Å². The van der Waals surface area contributed by atoms with Gasteiger partial charge in [-0.25, -0.2) is 4.98 Å². The van der Waals surface area contributed by atoms with Gasteiger partial charge in [-0.1, -0.05) is 35.0 Å². The van der Waals surface area contributed by atoms with Crippen LogP contribution in [-0.4, -0.2) is 4.98 Å². The SMILES string of the molecule is CCc1ccc(-c2csc(-c3cccc(Br)c3)n2)s1. The molecule has 0 unspecified atom stereocenters. The van der Waals surface area contributed by atoms with Gasteiger partial charge in [-0.2, -0.15) is 0 Å². The summed E-state index contributed by atoms with van der Waals surface area (Å²) in [6.45, 7) is 2.18. The largest absolute Gasteiger partial charge is 0.235 e. The summed E-state index contributed by atoms with van der Waals surface area (Å²) in [6, 6.07) is 12.6. The zero-order chi connectivity index (χ0) is 13.2. The van der Waals surface area contributed by atoms with E-state index in [1.807, 2.05) is 23.5 Å². The van der Waals surface area contributed by atoms with Crippen molar-refractivity contribution in [2.45, 2.75) is 13.3 Å². The minimum Gasteiger partial charge on any atom is -0.235 e. The van der Waals surface area contributed by atoms with Crippen LogP contribution in [0.4, 0.5) is 0 Å². The molecule has 0 aliphatic carbocycles. The lowest BCUT2D eigenvalue weighted by Crippen LogP contribution is -1.77. The summed E-state index contributed by atoms with van der Waals surface area (Å²) in [5, 5.41) is 3.21. The van der Waals surface area contributed by atoms with Gasteiger partial charge < -0.3 is 0 Å². The van der Waals surface area contributed by atoms with Gasteiger partial charge in [0.25, 0.3) is 0 Å². The topological polar surface area (TPSA) is 12.9 Å². The smallest absolute Gasteiger partial charge is 0.124 e. The van der Waals surface area contributed by atoms with Gasteiger partial charge in [-0.15, -0.1) is 22.7 Å². The Labute approximate surface area is 129 Å². The van der Waals surface area contributed by atoms with E-state index in [2.05, 4.69) is 52.5 Å². The normalized spacial score (nSPS) is 10.8. The third-order valence-corrected chi connectivity index (χ3v) is 5.48. The van der Waals surface area contributed by atoms with E-state index in [0.717, 1.165) is 27.2 Å². The first kappa shape index (κ1) is 13.0. The monoisotopic (exact) mass is 349 g/mol. The van der Waals surface area contributed by atoms with Gasteiger partial charge in [0.05, 0.1) is 10.6 Å². The van der Waals surface area contributed by atoms with Crippen LogP contribution in [0.1, 0.15) is 11.8 Å². The van der Waals surface area contributed by atoms with Gasteiger partial charge in [0.1, 0.15) is 5.01 Å². The Morgan fingerprint density at radius 2 is 2.11 bits per heavy atom. The summed E-state index contributed by atoms with van der Waals surface area (Å²) >= 11 is 7.03. The van der Waals surface area contributed by atoms with Crippen LogP contribution in [0.2, 0.25) is 0 Å². The van der Waals surface area contributed by atoms with Crippen LogP contribution in [0.25, 0.3) is 21.1 Å². The first-order chi connectivity index (χ1) is 9.26.